The number of hydrogen-bond acceptors (Lipinski definition) is 1. The molecule has 17 heavy (non-hydrogen) atoms. The summed E-state index contributed by atoms with van der Waals surface area (Å²) in [7, 11) is 0. The summed E-state index contributed by atoms with van der Waals surface area (Å²) < 4.78 is 0. The lowest BCUT2D eigenvalue weighted by atomic mass is 9.73. The molecular formula is C14H18Cl2O. The van der Waals surface area contributed by atoms with E-state index in [0.29, 0.717) is 16.0 Å². The van der Waals surface area contributed by atoms with Gasteiger partial charge in [-0.05, 0) is 43.4 Å². The van der Waals surface area contributed by atoms with Gasteiger partial charge in [-0.1, -0.05) is 43.0 Å². The molecule has 2 atom stereocenters. The molecule has 1 aromatic carbocycles. The van der Waals surface area contributed by atoms with Gasteiger partial charge in [0.1, 0.15) is 0 Å². The van der Waals surface area contributed by atoms with Crippen LogP contribution in [0.5, 0.6) is 0 Å². The summed E-state index contributed by atoms with van der Waals surface area (Å²) in [6, 6.07) is 5.34. The van der Waals surface area contributed by atoms with Gasteiger partial charge in [-0.25, -0.2) is 0 Å². The lowest BCUT2D eigenvalue weighted by molar-refractivity contribution is -0.0216. The van der Waals surface area contributed by atoms with Gasteiger partial charge in [-0.2, -0.15) is 0 Å². The molecule has 0 radical (unpaired) electrons. The smallest absolute Gasteiger partial charge is 0.0914 e. The highest BCUT2D eigenvalue weighted by atomic mass is 35.5. The Morgan fingerprint density at radius 2 is 2.18 bits per heavy atom. The van der Waals surface area contributed by atoms with Crippen LogP contribution >= 0.6 is 23.2 Å². The topological polar surface area (TPSA) is 20.2 Å². The summed E-state index contributed by atoms with van der Waals surface area (Å²) in [5, 5.41) is 12.1. The molecule has 0 saturated heterocycles. The number of hydrogen-bond donors (Lipinski definition) is 1. The molecule has 94 valence electrons. The zero-order valence-electron chi connectivity index (χ0n) is 10.0. The van der Waals surface area contributed by atoms with Crippen LogP contribution in [0.1, 0.15) is 44.6 Å². The van der Waals surface area contributed by atoms with Crippen molar-refractivity contribution >= 4 is 23.2 Å². The average Bonchev–Trinajstić information content (AvgIpc) is 2.32. The average molecular weight is 273 g/mol. The van der Waals surface area contributed by atoms with Crippen molar-refractivity contribution in [2.45, 2.75) is 44.6 Å². The Kier molecular flexibility index (Phi) is 4.02. The quantitative estimate of drug-likeness (QED) is 0.822. The van der Waals surface area contributed by atoms with Gasteiger partial charge in [0.2, 0.25) is 0 Å². The van der Waals surface area contributed by atoms with E-state index in [9.17, 15) is 5.11 Å². The van der Waals surface area contributed by atoms with Crippen molar-refractivity contribution in [3.63, 3.8) is 0 Å². The van der Waals surface area contributed by atoms with Gasteiger partial charge in [-0.3, -0.25) is 0 Å². The van der Waals surface area contributed by atoms with E-state index in [4.69, 9.17) is 23.2 Å². The van der Waals surface area contributed by atoms with Gasteiger partial charge in [0, 0.05) is 15.6 Å². The van der Waals surface area contributed by atoms with Gasteiger partial charge in [0.05, 0.1) is 5.60 Å². The van der Waals surface area contributed by atoms with E-state index >= 15 is 0 Å². The van der Waals surface area contributed by atoms with E-state index in [1.807, 2.05) is 6.07 Å². The predicted octanol–water partition coefficient (Wildman–Crippen LogP) is 4.78. The van der Waals surface area contributed by atoms with Gasteiger partial charge in [0.25, 0.3) is 0 Å². The minimum Gasteiger partial charge on any atom is -0.385 e. The van der Waals surface area contributed by atoms with E-state index in [2.05, 4.69) is 6.92 Å². The molecule has 0 bridgehead atoms. The van der Waals surface area contributed by atoms with Gasteiger partial charge >= 0.3 is 0 Å². The molecule has 1 aromatic rings. The Balaban J connectivity index is 2.33. The zero-order valence-corrected chi connectivity index (χ0v) is 11.6. The van der Waals surface area contributed by atoms with Gasteiger partial charge in [0.15, 0.2) is 0 Å². The molecule has 1 saturated carbocycles. The van der Waals surface area contributed by atoms with Gasteiger partial charge in [-0.15, -0.1) is 0 Å². The normalized spacial score (nSPS) is 29.3. The van der Waals surface area contributed by atoms with Gasteiger partial charge < -0.3 is 5.11 Å². The number of benzene rings is 1. The third kappa shape index (κ3) is 2.78. The first kappa shape index (κ1) is 13.2. The highest BCUT2D eigenvalue weighted by molar-refractivity contribution is 6.33. The summed E-state index contributed by atoms with van der Waals surface area (Å²) in [4.78, 5) is 0. The third-order valence-electron chi connectivity index (χ3n) is 3.84. The summed E-state index contributed by atoms with van der Waals surface area (Å²) >= 11 is 12.2. The molecule has 3 heteroatoms. The maximum atomic E-state index is 10.8. The van der Waals surface area contributed by atoms with Crippen molar-refractivity contribution in [3.05, 3.63) is 33.8 Å². The first-order valence-corrected chi connectivity index (χ1v) is 6.98. The van der Waals surface area contributed by atoms with Crippen molar-refractivity contribution in [1.29, 1.82) is 0 Å². The van der Waals surface area contributed by atoms with Crippen LogP contribution in [0.3, 0.4) is 0 Å². The van der Waals surface area contributed by atoms with Crippen molar-refractivity contribution in [2.24, 2.45) is 5.92 Å². The van der Waals surface area contributed by atoms with E-state index in [1.54, 1.807) is 12.1 Å². The first-order valence-electron chi connectivity index (χ1n) is 6.23. The molecule has 1 aliphatic rings. The van der Waals surface area contributed by atoms with Crippen LogP contribution in [0.4, 0.5) is 0 Å². The van der Waals surface area contributed by atoms with E-state index < -0.39 is 5.60 Å². The monoisotopic (exact) mass is 272 g/mol. The predicted molar refractivity (Wildman–Crippen MR) is 72.6 cm³/mol. The highest BCUT2D eigenvalue weighted by Crippen LogP contribution is 2.43. The van der Waals surface area contributed by atoms with E-state index in [1.165, 1.54) is 6.42 Å². The molecule has 1 nitrogen and oxygen atoms in total. The van der Waals surface area contributed by atoms with E-state index in [0.717, 1.165) is 31.2 Å². The van der Waals surface area contributed by atoms with Crippen LogP contribution in [-0.4, -0.2) is 5.11 Å². The summed E-state index contributed by atoms with van der Waals surface area (Å²) in [5.41, 5.74) is 0.00536. The molecule has 1 fully saturated rings. The lowest BCUT2D eigenvalue weighted by Gasteiger charge is -2.37. The Morgan fingerprint density at radius 1 is 1.41 bits per heavy atom. The molecule has 0 heterocycles. The molecule has 2 rings (SSSR count). The summed E-state index contributed by atoms with van der Waals surface area (Å²) in [6.07, 6.45) is 4.95. The highest BCUT2D eigenvalue weighted by Gasteiger charge is 2.36. The van der Waals surface area contributed by atoms with Crippen LogP contribution < -0.4 is 0 Å². The first-order chi connectivity index (χ1) is 8.05. The van der Waals surface area contributed by atoms with E-state index in [-0.39, 0.29) is 0 Å². The fourth-order valence-electron chi connectivity index (χ4n) is 2.81. The van der Waals surface area contributed by atoms with Crippen molar-refractivity contribution in [3.8, 4) is 0 Å². The zero-order chi connectivity index (χ0) is 12.5. The second-order valence-electron chi connectivity index (χ2n) is 5.03. The molecular weight excluding hydrogens is 255 g/mol. The van der Waals surface area contributed by atoms with Crippen molar-refractivity contribution in [1.82, 2.24) is 0 Å². The molecule has 0 aromatic heterocycles. The summed E-state index contributed by atoms with van der Waals surface area (Å²) in [6.45, 7) is 2.18. The fourth-order valence-corrected chi connectivity index (χ4v) is 3.28. The molecule has 1 aliphatic carbocycles. The van der Waals surface area contributed by atoms with Crippen LogP contribution in [-0.2, 0) is 5.60 Å². The molecule has 2 unspecified atom stereocenters. The van der Waals surface area contributed by atoms with Crippen LogP contribution in [0.2, 0.25) is 10.0 Å². The fraction of sp³-hybridized carbons (Fsp3) is 0.571. The Morgan fingerprint density at radius 3 is 2.88 bits per heavy atom. The largest absolute Gasteiger partial charge is 0.385 e. The maximum absolute atomic E-state index is 10.8. The molecule has 0 aliphatic heterocycles. The minimum absolute atomic E-state index is 0.587. The Labute approximate surface area is 113 Å². The summed E-state index contributed by atoms with van der Waals surface area (Å²) in [5.74, 6) is 0.587. The lowest BCUT2D eigenvalue weighted by Crippen LogP contribution is -2.32. The van der Waals surface area contributed by atoms with Crippen molar-refractivity contribution in [2.75, 3.05) is 0 Å². The molecule has 0 spiro atoms. The standard InChI is InChI=1S/C14H18Cl2O/c1-2-10-4-3-7-14(17,9-10)12-8-11(15)5-6-13(12)16/h5-6,8,10,17H,2-4,7,9H2,1H3. The number of halogens is 2. The second-order valence-corrected chi connectivity index (χ2v) is 5.87. The minimum atomic E-state index is -0.791. The second kappa shape index (κ2) is 5.17. The van der Waals surface area contributed by atoms with Crippen molar-refractivity contribution < 1.29 is 5.11 Å². The van der Waals surface area contributed by atoms with Crippen LogP contribution in [0.15, 0.2) is 18.2 Å². The molecule has 1 N–H and O–H groups in total. The number of aliphatic hydroxyl groups is 1. The number of rotatable bonds is 2. The maximum Gasteiger partial charge on any atom is 0.0914 e. The Bertz CT molecular complexity index is 405. The molecule has 0 amide bonds. The Hall–Kier alpha value is -0.240. The third-order valence-corrected chi connectivity index (χ3v) is 4.40. The van der Waals surface area contributed by atoms with Crippen LogP contribution in [0.25, 0.3) is 0 Å². The SMILES string of the molecule is CCC1CCCC(O)(c2cc(Cl)ccc2Cl)C1. The van der Waals surface area contributed by atoms with Crippen LogP contribution in [0, 0.1) is 5.92 Å².